The summed E-state index contributed by atoms with van der Waals surface area (Å²) in [6, 6.07) is 10.1. The van der Waals surface area contributed by atoms with Gasteiger partial charge in [-0.25, -0.2) is 0 Å². The number of aromatic nitrogens is 1. The molecule has 1 heterocycles. The monoisotopic (exact) mass is 230 g/mol. The molecular weight excluding hydrogens is 212 g/mol. The van der Waals surface area contributed by atoms with Gasteiger partial charge in [0.2, 0.25) is 0 Å². The molecule has 0 saturated heterocycles. The third-order valence-electron chi connectivity index (χ3n) is 3.07. The Bertz CT molecular complexity index is 493. The van der Waals surface area contributed by atoms with Crippen LogP contribution in [-0.4, -0.2) is 18.2 Å². The normalized spacial score (nSPS) is 14.8. The third kappa shape index (κ3) is 2.62. The van der Waals surface area contributed by atoms with E-state index < -0.39 is 0 Å². The molecule has 0 bridgehead atoms. The molecule has 17 heavy (non-hydrogen) atoms. The molecule has 2 atom stereocenters. The van der Waals surface area contributed by atoms with Crippen LogP contribution in [0.1, 0.15) is 24.9 Å². The minimum Gasteiger partial charge on any atom is -0.382 e. The van der Waals surface area contributed by atoms with E-state index in [1.165, 1.54) is 0 Å². The molecule has 2 aromatic rings. The molecule has 2 rings (SSSR count). The molecule has 0 aliphatic heterocycles. The molecule has 3 heteroatoms. The Balaban J connectivity index is 2.34. The molecule has 0 aliphatic carbocycles. The minimum atomic E-state index is -0.0159. The molecular formula is C14H18N2O. The summed E-state index contributed by atoms with van der Waals surface area (Å²) in [6.07, 6.45) is 2.77. The van der Waals surface area contributed by atoms with Crippen LogP contribution >= 0.6 is 0 Å². The Hall–Kier alpha value is -1.45. The lowest BCUT2D eigenvalue weighted by Gasteiger charge is -2.18. The second kappa shape index (κ2) is 5.25. The maximum absolute atomic E-state index is 6.23. The molecule has 2 N–H and O–H groups in total. The molecule has 0 amide bonds. The standard InChI is InChI=1S/C14H18N2O/c1-10(17-2)9-13(15)11-5-3-7-14-12(11)6-4-8-16-14/h3-8,10,13H,9,15H2,1-2H3. The first-order chi connectivity index (χ1) is 8.22. The predicted octanol–water partition coefficient (Wildman–Crippen LogP) is 2.66. The zero-order valence-corrected chi connectivity index (χ0v) is 10.3. The number of benzene rings is 1. The van der Waals surface area contributed by atoms with Crippen molar-refractivity contribution in [2.45, 2.75) is 25.5 Å². The molecule has 0 fully saturated rings. The van der Waals surface area contributed by atoms with Gasteiger partial charge in [0.15, 0.2) is 0 Å². The van der Waals surface area contributed by atoms with E-state index in [9.17, 15) is 0 Å². The number of hydrogen-bond acceptors (Lipinski definition) is 3. The summed E-state index contributed by atoms with van der Waals surface area (Å²) < 4.78 is 5.26. The van der Waals surface area contributed by atoms with Crippen molar-refractivity contribution < 1.29 is 4.74 Å². The van der Waals surface area contributed by atoms with Crippen LogP contribution in [0.25, 0.3) is 10.9 Å². The Morgan fingerprint density at radius 3 is 2.88 bits per heavy atom. The first-order valence-electron chi connectivity index (χ1n) is 5.84. The Morgan fingerprint density at radius 1 is 1.29 bits per heavy atom. The minimum absolute atomic E-state index is 0.0159. The highest BCUT2D eigenvalue weighted by Crippen LogP contribution is 2.24. The predicted molar refractivity (Wildman–Crippen MR) is 69.8 cm³/mol. The Kier molecular flexibility index (Phi) is 3.71. The fourth-order valence-electron chi connectivity index (χ4n) is 2.03. The number of fused-ring (bicyclic) bond motifs is 1. The molecule has 1 aromatic heterocycles. The maximum atomic E-state index is 6.23. The number of nitrogens with two attached hydrogens (primary N) is 1. The summed E-state index contributed by atoms with van der Waals surface area (Å²) in [5.41, 5.74) is 8.36. The summed E-state index contributed by atoms with van der Waals surface area (Å²) in [7, 11) is 1.71. The fourth-order valence-corrected chi connectivity index (χ4v) is 2.03. The summed E-state index contributed by atoms with van der Waals surface area (Å²) in [4.78, 5) is 4.34. The molecule has 1 aromatic carbocycles. The highest BCUT2D eigenvalue weighted by atomic mass is 16.5. The smallest absolute Gasteiger partial charge is 0.0705 e. The van der Waals surface area contributed by atoms with Crippen LogP contribution in [-0.2, 0) is 4.74 Å². The van der Waals surface area contributed by atoms with Gasteiger partial charge in [-0.15, -0.1) is 0 Å². The van der Waals surface area contributed by atoms with E-state index in [1.54, 1.807) is 13.3 Å². The number of rotatable bonds is 4. The summed E-state index contributed by atoms with van der Waals surface area (Å²) in [5, 5.41) is 1.13. The molecule has 0 aliphatic rings. The fraction of sp³-hybridized carbons (Fsp3) is 0.357. The SMILES string of the molecule is COC(C)CC(N)c1cccc2ncccc12. The average Bonchev–Trinajstić information content (AvgIpc) is 2.37. The van der Waals surface area contributed by atoms with Gasteiger partial charge in [-0.3, -0.25) is 4.98 Å². The van der Waals surface area contributed by atoms with Crippen molar-refractivity contribution in [3.8, 4) is 0 Å². The van der Waals surface area contributed by atoms with Crippen molar-refractivity contribution >= 4 is 10.9 Å². The van der Waals surface area contributed by atoms with Crippen LogP contribution in [0.15, 0.2) is 36.5 Å². The number of pyridine rings is 1. The Morgan fingerprint density at radius 2 is 2.12 bits per heavy atom. The van der Waals surface area contributed by atoms with Gasteiger partial charge in [0, 0.05) is 24.7 Å². The average molecular weight is 230 g/mol. The first-order valence-corrected chi connectivity index (χ1v) is 5.84. The van der Waals surface area contributed by atoms with Crippen molar-refractivity contribution in [3.05, 3.63) is 42.1 Å². The molecule has 0 radical (unpaired) electrons. The highest BCUT2D eigenvalue weighted by Gasteiger charge is 2.13. The Labute approximate surface area is 102 Å². The number of nitrogens with zero attached hydrogens (tertiary/aromatic N) is 1. The lowest BCUT2D eigenvalue weighted by molar-refractivity contribution is 0.105. The quantitative estimate of drug-likeness (QED) is 0.878. The number of ether oxygens (including phenoxy) is 1. The van der Waals surface area contributed by atoms with E-state index in [2.05, 4.69) is 17.1 Å². The lowest BCUT2D eigenvalue weighted by atomic mass is 9.98. The van der Waals surface area contributed by atoms with Crippen molar-refractivity contribution in [2.75, 3.05) is 7.11 Å². The number of methoxy groups -OCH3 is 1. The molecule has 90 valence electrons. The highest BCUT2D eigenvalue weighted by molar-refractivity contribution is 5.82. The number of hydrogen-bond donors (Lipinski definition) is 1. The second-order valence-electron chi connectivity index (χ2n) is 4.31. The summed E-state index contributed by atoms with van der Waals surface area (Å²) >= 11 is 0. The molecule has 0 spiro atoms. The van der Waals surface area contributed by atoms with E-state index >= 15 is 0 Å². The van der Waals surface area contributed by atoms with Gasteiger partial charge in [-0.1, -0.05) is 18.2 Å². The third-order valence-corrected chi connectivity index (χ3v) is 3.07. The van der Waals surface area contributed by atoms with Gasteiger partial charge in [0.05, 0.1) is 11.6 Å². The van der Waals surface area contributed by atoms with E-state index in [0.29, 0.717) is 0 Å². The zero-order valence-electron chi connectivity index (χ0n) is 10.3. The van der Waals surface area contributed by atoms with Gasteiger partial charge in [-0.2, -0.15) is 0 Å². The van der Waals surface area contributed by atoms with Gasteiger partial charge >= 0.3 is 0 Å². The largest absolute Gasteiger partial charge is 0.382 e. The van der Waals surface area contributed by atoms with Crippen molar-refractivity contribution in [2.24, 2.45) is 5.73 Å². The molecule has 2 unspecified atom stereocenters. The van der Waals surface area contributed by atoms with Gasteiger partial charge < -0.3 is 10.5 Å². The second-order valence-corrected chi connectivity index (χ2v) is 4.31. The van der Waals surface area contributed by atoms with Crippen LogP contribution in [0.4, 0.5) is 0 Å². The summed E-state index contributed by atoms with van der Waals surface area (Å²) in [6.45, 7) is 2.03. The van der Waals surface area contributed by atoms with E-state index in [0.717, 1.165) is 22.9 Å². The van der Waals surface area contributed by atoms with E-state index in [4.69, 9.17) is 10.5 Å². The van der Waals surface area contributed by atoms with Crippen LogP contribution in [0.5, 0.6) is 0 Å². The van der Waals surface area contributed by atoms with Crippen LogP contribution < -0.4 is 5.73 Å². The van der Waals surface area contributed by atoms with E-state index in [-0.39, 0.29) is 12.1 Å². The van der Waals surface area contributed by atoms with Crippen molar-refractivity contribution in [1.82, 2.24) is 4.98 Å². The van der Waals surface area contributed by atoms with Crippen molar-refractivity contribution in [1.29, 1.82) is 0 Å². The lowest BCUT2D eigenvalue weighted by Crippen LogP contribution is -2.18. The van der Waals surface area contributed by atoms with Crippen LogP contribution in [0.3, 0.4) is 0 Å². The summed E-state index contributed by atoms with van der Waals surface area (Å²) in [5.74, 6) is 0. The van der Waals surface area contributed by atoms with Gasteiger partial charge in [0.25, 0.3) is 0 Å². The first kappa shape index (κ1) is 12.0. The maximum Gasteiger partial charge on any atom is 0.0705 e. The molecule has 3 nitrogen and oxygen atoms in total. The van der Waals surface area contributed by atoms with Crippen LogP contribution in [0.2, 0.25) is 0 Å². The molecule has 0 saturated carbocycles. The van der Waals surface area contributed by atoms with Crippen LogP contribution in [0, 0.1) is 0 Å². The van der Waals surface area contributed by atoms with Crippen molar-refractivity contribution in [3.63, 3.8) is 0 Å². The van der Waals surface area contributed by atoms with Gasteiger partial charge in [0.1, 0.15) is 0 Å². The topological polar surface area (TPSA) is 48.1 Å². The van der Waals surface area contributed by atoms with Gasteiger partial charge in [-0.05, 0) is 31.0 Å². The van der Waals surface area contributed by atoms with E-state index in [1.807, 2.05) is 25.1 Å². The zero-order chi connectivity index (χ0) is 12.3.